The number of fused-ring (bicyclic) bond motifs is 1. The standard InChI is InChI=1S/C9H9NOS/c1-6-4-7-2-3-10-9(11)8(7)12-5-6/h2-3,5H,4H2,1H3,(H,10,11). The molecule has 0 amide bonds. The Bertz CT molecular complexity index is 392. The maximum absolute atomic E-state index is 11.3. The third-order valence-corrected chi connectivity index (χ3v) is 3.05. The number of nitrogens with one attached hydrogen (secondary N) is 1. The van der Waals surface area contributed by atoms with Crippen LogP contribution in [-0.2, 0) is 6.42 Å². The fraction of sp³-hybridized carbons (Fsp3) is 0.222. The molecule has 0 aliphatic carbocycles. The van der Waals surface area contributed by atoms with Crippen molar-refractivity contribution in [1.82, 2.24) is 4.98 Å². The third kappa shape index (κ3) is 1.20. The number of pyridine rings is 1. The number of aromatic nitrogens is 1. The molecular formula is C9H9NOS. The van der Waals surface area contributed by atoms with Crippen molar-refractivity contribution < 1.29 is 0 Å². The molecule has 0 spiro atoms. The van der Waals surface area contributed by atoms with E-state index in [9.17, 15) is 4.79 Å². The number of hydrogen-bond donors (Lipinski definition) is 1. The Morgan fingerprint density at radius 3 is 3.25 bits per heavy atom. The van der Waals surface area contributed by atoms with E-state index in [1.165, 1.54) is 17.3 Å². The van der Waals surface area contributed by atoms with Crippen LogP contribution in [0.25, 0.3) is 0 Å². The van der Waals surface area contributed by atoms with Crippen molar-refractivity contribution in [1.29, 1.82) is 0 Å². The van der Waals surface area contributed by atoms with E-state index < -0.39 is 0 Å². The molecule has 0 saturated carbocycles. The van der Waals surface area contributed by atoms with E-state index in [4.69, 9.17) is 0 Å². The number of rotatable bonds is 0. The second kappa shape index (κ2) is 2.83. The van der Waals surface area contributed by atoms with Gasteiger partial charge in [0, 0.05) is 6.20 Å². The molecule has 0 aromatic carbocycles. The average molecular weight is 179 g/mol. The van der Waals surface area contributed by atoms with Gasteiger partial charge in [-0.2, -0.15) is 0 Å². The highest BCUT2D eigenvalue weighted by molar-refractivity contribution is 8.02. The molecule has 0 atom stereocenters. The van der Waals surface area contributed by atoms with Crippen molar-refractivity contribution >= 4 is 11.8 Å². The van der Waals surface area contributed by atoms with Gasteiger partial charge in [-0.05, 0) is 30.4 Å². The fourth-order valence-corrected chi connectivity index (χ4v) is 2.13. The van der Waals surface area contributed by atoms with Crippen LogP contribution < -0.4 is 5.56 Å². The van der Waals surface area contributed by atoms with Crippen LogP contribution in [0.1, 0.15) is 12.5 Å². The highest BCUT2D eigenvalue weighted by atomic mass is 32.2. The maximum atomic E-state index is 11.3. The van der Waals surface area contributed by atoms with Gasteiger partial charge in [-0.15, -0.1) is 0 Å². The average Bonchev–Trinajstić information content (AvgIpc) is 2.04. The molecule has 2 heterocycles. The van der Waals surface area contributed by atoms with Gasteiger partial charge in [-0.1, -0.05) is 17.3 Å². The first-order chi connectivity index (χ1) is 5.77. The summed E-state index contributed by atoms with van der Waals surface area (Å²) < 4.78 is 0. The number of allylic oxidation sites excluding steroid dienone is 1. The van der Waals surface area contributed by atoms with Gasteiger partial charge >= 0.3 is 0 Å². The van der Waals surface area contributed by atoms with E-state index in [1.807, 2.05) is 11.5 Å². The smallest absolute Gasteiger partial charge is 0.262 e. The maximum Gasteiger partial charge on any atom is 0.262 e. The van der Waals surface area contributed by atoms with Gasteiger partial charge < -0.3 is 4.98 Å². The molecular weight excluding hydrogens is 170 g/mol. The second-order valence-electron chi connectivity index (χ2n) is 2.92. The van der Waals surface area contributed by atoms with Crippen molar-refractivity contribution in [3.63, 3.8) is 0 Å². The second-order valence-corrected chi connectivity index (χ2v) is 3.80. The first-order valence-electron chi connectivity index (χ1n) is 3.80. The van der Waals surface area contributed by atoms with Crippen molar-refractivity contribution in [2.75, 3.05) is 0 Å². The Balaban J connectivity index is 2.56. The van der Waals surface area contributed by atoms with E-state index in [1.54, 1.807) is 6.20 Å². The van der Waals surface area contributed by atoms with Gasteiger partial charge in [-0.3, -0.25) is 4.79 Å². The molecule has 3 heteroatoms. The molecule has 0 radical (unpaired) electrons. The van der Waals surface area contributed by atoms with Gasteiger partial charge in [0.2, 0.25) is 0 Å². The quantitative estimate of drug-likeness (QED) is 0.660. The number of hydrogen-bond acceptors (Lipinski definition) is 2. The molecule has 2 nitrogen and oxygen atoms in total. The zero-order valence-corrected chi connectivity index (χ0v) is 7.57. The summed E-state index contributed by atoms with van der Waals surface area (Å²) in [6, 6.07) is 1.97. The number of H-pyrrole nitrogens is 1. The molecule has 62 valence electrons. The summed E-state index contributed by atoms with van der Waals surface area (Å²) in [7, 11) is 0. The Labute approximate surface area is 74.7 Å². The lowest BCUT2D eigenvalue weighted by molar-refractivity contribution is 1.02. The minimum Gasteiger partial charge on any atom is -0.328 e. The lowest BCUT2D eigenvalue weighted by Gasteiger charge is -2.11. The van der Waals surface area contributed by atoms with E-state index in [0.29, 0.717) is 0 Å². The van der Waals surface area contributed by atoms with Gasteiger partial charge in [-0.25, -0.2) is 0 Å². The number of aromatic amines is 1. The molecule has 0 fully saturated rings. The monoisotopic (exact) mass is 179 g/mol. The summed E-state index contributed by atoms with van der Waals surface area (Å²) in [4.78, 5) is 14.8. The van der Waals surface area contributed by atoms with Gasteiger partial charge in [0.1, 0.15) is 0 Å². The minimum atomic E-state index is 0.0289. The summed E-state index contributed by atoms with van der Waals surface area (Å²) in [5.74, 6) is 0. The van der Waals surface area contributed by atoms with Crippen LogP contribution in [0.4, 0.5) is 0 Å². The summed E-state index contributed by atoms with van der Waals surface area (Å²) in [5.41, 5.74) is 2.49. The molecule has 0 unspecified atom stereocenters. The van der Waals surface area contributed by atoms with Crippen LogP contribution in [0, 0.1) is 0 Å². The molecule has 1 N–H and O–H groups in total. The van der Waals surface area contributed by atoms with E-state index >= 15 is 0 Å². The van der Waals surface area contributed by atoms with Crippen LogP contribution in [0.15, 0.2) is 32.9 Å². The predicted molar refractivity (Wildman–Crippen MR) is 50.4 cm³/mol. The largest absolute Gasteiger partial charge is 0.328 e. The summed E-state index contributed by atoms with van der Waals surface area (Å²) in [6.07, 6.45) is 2.62. The van der Waals surface area contributed by atoms with Crippen LogP contribution in [0.3, 0.4) is 0 Å². The lowest BCUT2D eigenvalue weighted by atomic mass is 10.1. The molecule has 12 heavy (non-hydrogen) atoms. The van der Waals surface area contributed by atoms with Gasteiger partial charge in [0.15, 0.2) is 0 Å². The molecule has 1 aliphatic rings. The van der Waals surface area contributed by atoms with E-state index in [0.717, 1.165) is 16.9 Å². The normalized spacial score (nSPS) is 15.2. The minimum absolute atomic E-state index is 0.0289. The zero-order chi connectivity index (χ0) is 8.55. The summed E-state index contributed by atoms with van der Waals surface area (Å²) in [5, 5.41) is 2.04. The molecule has 0 saturated heterocycles. The molecule has 1 aliphatic heterocycles. The van der Waals surface area contributed by atoms with Crippen LogP contribution in [0.2, 0.25) is 0 Å². The first kappa shape index (κ1) is 7.68. The molecule has 1 aromatic heterocycles. The Hall–Kier alpha value is -0.960. The third-order valence-electron chi connectivity index (χ3n) is 1.84. The van der Waals surface area contributed by atoms with Crippen molar-refractivity contribution in [2.24, 2.45) is 0 Å². The molecule has 2 rings (SSSR count). The highest BCUT2D eigenvalue weighted by Crippen LogP contribution is 2.28. The van der Waals surface area contributed by atoms with Crippen molar-refractivity contribution in [3.05, 3.63) is 39.2 Å². The Morgan fingerprint density at radius 1 is 1.58 bits per heavy atom. The Kier molecular flexibility index (Phi) is 1.81. The fourth-order valence-electron chi connectivity index (χ4n) is 1.28. The summed E-state index contributed by atoms with van der Waals surface area (Å²) >= 11 is 1.52. The van der Waals surface area contributed by atoms with Gasteiger partial charge in [0.25, 0.3) is 5.56 Å². The highest BCUT2D eigenvalue weighted by Gasteiger charge is 2.11. The SMILES string of the molecule is CC1=CSc2c(cc[nH]c2=O)C1. The van der Waals surface area contributed by atoms with Crippen LogP contribution in [0.5, 0.6) is 0 Å². The molecule has 1 aromatic rings. The lowest BCUT2D eigenvalue weighted by Crippen LogP contribution is -2.11. The van der Waals surface area contributed by atoms with Crippen LogP contribution in [-0.4, -0.2) is 4.98 Å². The summed E-state index contributed by atoms with van der Waals surface area (Å²) in [6.45, 7) is 2.08. The Morgan fingerprint density at radius 2 is 2.42 bits per heavy atom. The molecule has 0 bridgehead atoms. The first-order valence-corrected chi connectivity index (χ1v) is 4.68. The number of thioether (sulfide) groups is 1. The van der Waals surface area contributed by atoms with E-state index in [2.05, 4.69) is 11.9 Å². The topological polar surface area (TPSA) is 32.9 Å². The van der Waals surface area contributed by atoms with Crippen molar-refractivity contribution in [2.45, 2.75) is 18.2 Å². The van der Waals surface area contributed by atoms with Crippen molar-refractivity contribution in [3.8, 4) is 0 Å². The zero-order valence-electron chi connectivity index (χ0n) is 6.76. The van der Waals surface area contributed by atoms with Crippen LogP contribution >= 0.6 is 11.8 Å². The van der Waals surface area contributed by atoms with E-state index in [-0.39, 0.29) is 5.56 Å². The predicted octanol–water partition coefficient (Wildman–Crippen LogP) is 1.93. The van der Waals surface area contributed by atoms with Gasteiger partial charge in [0.05, 0.1) is 4.90 Å².